The monoisotopic (exact) mass is 301 g/mol. The minimum atomic E-state index is -1.29. The lowest BCUT2D eigenvalue weighted by Crippen LogP contribution is -2.42. The predicted octanol–water partition coefficient (Wildman–Crippen LogP) is 3.45. The lowest BCUT2D eigenvalue weighted by Gasteiger charge is -2.29. The van der Waals surface area contributed by atoms with E-state index in [9.17, 15) is 9.59 Å². The topological polar surface area (TPSA) is 92.1 Å². The third-order valence-corrected chi connectivity index (χ3v) is 3.68. The maximum Gasteiger partial charge on any atom is 0.320 e. The second kappa shape index (κ2) is 5.81. The molecule has 0 radical (unpaired) electrons. The Kier molecular flexibility index (Phi) is 4.24. The molecule has 2 rings (SSSR count). The van der Waals surface area contributed by atoms with E-state index < -0.39 is 17.0 Å². The van der Waals surface area contributed by atoms with E-state index in [0.717, 1.165) is 5.56 Å². The number of esters is 1. The number of Topliss-reactive ketones (excluding diaryl/α,β-unsaturated/α-hetero) is 1. The fourth-order valence-electron chi connectivity index (χ4n) is 2.69. The average Bonchev–Trinajstić information content (AvgIpc) is 2.72. The molecule has 1 aliphatic rings. The van der Waals surface area contributed by atoms with Crippen molar-refractivity contribution in [2.45, 2.75) is 39.2 Å². The van der Waals surface area contributed by atoms with Gasteiger partial charge in [-0.3, -0.25) is 9.59 Å². The van der Waals surface area contributed by atoms with Crippen LogP contribution in [0.4, 0.5) is 0 Å². The molecule has 0 saturated heterocycles. The van der Waals surface area contributed by atoms with Crippen LogP contribution >= 0.6 is 0 Å². The first-order chi connectivity index (χ1) is 10.3. The van der Waals surface area contributed by atoms with Crippen molar-refractivity contribution in [2.24, 2.45) is 10.5 Å². The van der Waals surface area contributed by atoms with Crippen molar-refractivity contribution in [2.75, 3.05) is 6.54 Å². The van der Waals surface area contributed by atoms with E-state index in [0.29, 0.717) is 5.56 Å². The summed E-state index contributed by atoms with van der Waals surface area (Å²) in [7, 11) is 0. The summed E-state index contributed by atoms with van der Waals surface area (Å²) in [5, 5.41) is 3.48. The van der Waals surface area contributed by atoms with Gasteiger partial charge in [0.2, 0.25) is 0 Å². The lowest BCUT2D eigenvalue weighted by molar-refractivity contribution is -0.164. The number of carbonyl (C=O) groups is 2. The molecule has 6 heteroatoms. The molecule has 0 aliphatic heterocycles. The highest BCUT2D eigenvalue weighted by Crippen LogP contribution is 2.41. The van der Waals surface area contributed by atoms with Gasteiger partial charge in [-0.1, -0.05) is 29.4 Å². The Morgan fingerprint density at radius 3 is 2.68 bits per heavy atom. The number of benzene rings is 1. The molecular weight excluding hydrogens is 282 g/mol. The minimum Gasteiger partial charge on any atom is -0.459 e. The van der Waals surface area contributed by atoms with Crippen molar-refractivity contribution in [3.63, 3.8) is 0 Å². The maximum atomic E-state index is 12.8. The zero-order valence-corrected chi connectivity index (χ0v) is 13.0. The summed E-state index contributed by atoms with van der Waals surface area (Å²) in [5.74, 6) is -0.792. The second-order valence-corrected chi connectivity index (χ2v) is 6.45. The van der Waals surface area contributed by atoms with Gasteiger partial charge in [-0.05, 0) is 44.7 Å². The number of ketones is 1. The zero-order chi connectivity index (χ0) is 16.4. The number of nitrogens with zero attached hydrogens (tertiary/aromatic N) is 3. The van der Waals surface area contributed by atoms with Gasteiger partial charge in [-0.25, -0.2) is 0 Å². The van der Waals surface area contributed by atoms with Gasteiger partial charge in [0.15, 0.2) is 5.78 Å². The van der Waals surface area contributed by atoms with Crippen molar-refractivity contribution in [3.8, 4) is 0 Å². The molecule has 0 amide bonds. The van der Waals surface area contributed by atoms with Crippen LogP contribution < -0.4 is 0 Å². The van der Waals surface area contributed by atoms with Gasteiger partial charge in [0.05, 0.1) is 0 Å². The Bertz CT molecular complexity index is 657. The standard InChI is InChI=1S/C16H19N3O3/c1-15(2,3)22-14(21)16(8-9-18-19-17)10-11-6-4-5-7-12(11)13(16)20/h4-7H,8-10H2,1-3H3. The van der Waals surface area contributed by atoms with Crippen molar-refractivity contribution >= 4 is 11.8 Å². The normalized spacial score (nSPS) is 20.2. The molecule has 1 atom stereocenters. The van der Waals surface area contributed by atoms with Crippen LogP contribution in [0, 0.1) is 5.41 Å². The fraction of sp³-hybridized carbons (Fsp3) is 0.500. The number of fused-ring (bicyclic) bond motifs is 1. The summed E-state index contributed by atoms with van der Waals surface area (Å²) in [4.78, 5) is 28.2. The van der Waals surface area contributed by atoms with E-state index in [4.69, 9.17) is 10.3 Å². The molecule has 0 bridgehead atoms. The van der Waals surface area contributed by atoms with Crippen LogP contribution in [0.1, 0.15) is 43.1 Å². The van der Waals surface area contributed by atoms with E-state index >= 15 is 0 Å². The van der Waals surface area contributed by atoms with Gasteiger partial charge >= 0.3 is 5.97 Å². The Balaban J connectivity index is 2.38. The van der Waals surface area contributed by atoms with Crippen LogP contribution in [-0.4, -0.2) is 23.9 Å². The largest absolute Gasteiger partial charge is 0.459 e. The molecule has 1 aromatic carbocycles. The Morgan fingerprint density at radius 1 is 1.41 bits per heavy atom. The molecule has 6 nitrogen and oxygen atoms in total. The molecule has 0 heterocycles. The molecule has 1 aromatic rings. The van der Waals surface area contributed by atoms with Gasteiger partial charge < -0.3 is 4.74 Å². The van der Waals surface area contributed by atoms with Crippen molar-refractivity contribution in [1.82, 2.24) is 0 Å². The van der Waals surface area contributed by atoms with Gasteiger partial charge in [-0.2, -0.15) is 0 Å². The van der Waals surface area contributed by atoms with Crippen LogP contribution in [0.3, 0.4) is 0 Å². The first kappa shape index (κ1) is 16.0. The van der Waals surface area contributed by atoms with Crippen molar-refractivity contribution < 1.29 is 14.3 Å². The highest BCUT2D eigenvalue weighted by molar-refractivity contribution is 6.16. The first-order valence-electron chi connectivity index (χ1n) is 7.17. The number of ether oxygens (including phenoxy) is 1. The molecule has 22 heavy (non-hydrogen) atoms. The average molecular weight is 301 g/mol. The number of carbonyl (C=O) groups excluding carboxylic acids is 2. The van der Waals surface area contributed by atoms with E-state index in [1.165, 1.54) is 0 Å². The SMILES string of the molecule is CC(C)(C)OC(=O)C1(CCN=[N+]=[N-])Cc2ccccc2C1=O. The van der Waals surface area contributed by atoms with E-state index in [2.05, 4.69) is 10.0 Å². The Labute approximate surface area is 129 Å². The Morgan fingerprint density at radius 2 is 2.09 bits per heavy atom. The highest BCUT2D eigenvalue weighted by Gasteiger charge is 2.52. The lowest BCUT2D eigenvalue weighted by atomic mass is 9.80. The number of hydrogen-bond donors (Lipinski definition) is 0. The van der Waals surface area contributed by atoms with Gasteiger partial charge in [0.1, 0.15) is 11.0 Å². The van der Waals surface area contributed by atoms with E-state index in [1.807, 2.05) is 12.1 Å². The van der Waals surface area contributed by atoms with Crippen molar-refractivity contribution in [1.29, 1.82) is 0 Å². The summed E-state index contributed by atoms with van der Waals surface area (Å²) in [6.45, 7) is 5.37. The molecule has 1 unspecified atom stereocenters. The number of azide groups is 1. The quantitative estimate of drug-likeness (QED) is 0.280. The molecule has 116 valence electrons. The smallest absolute Gasteiger partial charge is 0.320 e. The van der Waals surface area contributed by atoms with E-state index in [1.54, 1.807) is 32.9 Å². The van der Waals surface area contributed by atoms with E-state index in [-0.39, 0.29) is 25.2 Å². The van der Waals surface area contributed by atoms with Gasteiger partial charge in [-0.15, -0.1) is 0 Å². The van der Waals surface area contributed by atoms with Gasteiger partial charge in [0.25, 0.3) is 0 Å². The summed E-state index contributed by atoms with van der Waals surface area (Å²) in [5.41, 5.74) is 7.86. The van der Waals surface area contributed by atoms with Crippen LogP contribution in [0.25, 0.3) is 10.4 Å². The van der Waals surface area contributed by atoms with Crippen molar-refractivity contribution in [3.05, 3.63) is 45.8 Å². The third-order valence-electron chi connectivity index (χ3n) is 3.68. The molecule has 0 fully saturated rings. The zero-order valence-electron chi connectivity index (χ0n) is 13.0. The first-order valence-corrected chi connectivity index (χ1v) is 7.17. The van der Waals surface area contributed by atoms with Gasteiger partial charge in [0, 0.05) is 17.0 Å². The van der Waals surface area contributed by atoms with Crippen LogP contribution in [0.5, 0.6) is 0 Å². The summed E-state index contributed by atoms with van der Waals surface area (Å²) in [6.07, 6.45) is 0.442. The second-order valence-electron chi connectivity index (χ2n) is 6.45. The molecule has 1 aliphatic carbocycles. The maximum absolute atomic E-state index is 12.8. The third kappa shape index (κ3) is 2.97. The highest BCUT2D eigenvalue weighted by atomic mass is 16.6. The van der Waals surface area contributed by atoms with Crippen LogP contribution in [0.15, 0.2) is 29.4 Å². The van der Waals surface area contributed by atoms with Crippen LogP contribution in [0.2, 0.25) is 0 Å². The molecule has 0 saturated carbocycles. The molecular formula is C16H19N3O3. The summed E-state index contributed by atoms with van der Waals surface area (Å²) in [6, 6.07) is 7.17. The number of rotatable bonds is 4. The predicted molar refractivity (Wildman–Crippen MR) is 81.4 cm³/mol. The Hall–Kier alpha value is -2.33. The summed E-state index contributed by atoms with van der Waals surface area (Å²) < 4.78 is 5.46. The number of hydrogen-bond acceptors (Lipinski definition) is 4. The molecule has 0 aromatic heterocycles. The minimum absolute atomic E-state index is 0.0788. The fourth-order valence-corrected chi connectivity index (χ4v) is 2.69. The van der Waals surface area contributed by atoms with Crippen LogP contribution in [-0.2, 0) is 16.0 Å². The summed E-state index contributed by atoms with van der Waals surface area (Å²) >= 11 is 0. The molecule has 0 spiro atoms. The molecule has 0 N–H and O–H groups in total.